The Bertz CT molecular complexity index is 589. The van der Waals surface area contributed by atoms with Crippen LogP contribution in [0.2, 0.25) is 0 Å². The second-order valence-corrected chi connectivity index (χ2v) is 5.88. The molecule has 0 N–H and O–H groups in total. The number of nitro groups is 1. The number of nitro benzene ring substituents is 1. The van der Waals surface area contributed by atoms with E-state index >= 15 is 0 Å². The highest BCUT2D eigenvalue weighted by atomic mass is 19.1. The van der Waals surface area contributed by atoms with Crippen LogP contribution >= 0.6 is 0 Å². The number of nitrogens with zero attached hydrogens (tertiary/aromatic N) is 3. The third-order valence-electron chi connectivity index (χ3n) is 3.99. The zero-order valence-corrected chi connectivity index (χ0v) is 12.3. The third kappa shape index (κ3) is 3.02. The molecule has 1 aliphatic heterocycles. The van der Waals surface area contributed by atoms with Gasteiger partial charge in [0, 0.05) is 31.2 Å². The van der Waals surface area contributed by atoms with Crippen molar-refractivity contribution in [1.82, 2.24) is 9.80 Å². The minimum atomic E-state index is -0.659. The lowest BCUT2D eigenvalue weighted by atomic mass is 9.99. The second kappa shape index (κ2) is 5.40. The van der Waals surface area contributed by atoms with Crippen LogP contribution in [0, 0.1) is 15.9 Å². The Hall–Kier alpha value is -2.02. The largest absolute Gasteiger partial charge is 0.335 e. The maximum atomic E-state index is 13.4. The Morgan fingerprint density at radius 3 is 2.62 bits per heavy atom. The zero-order chi connectivity index (χ0) is 15.8. The Kier molecular flexibility index (Phi) is 3.95. The van der Waals surface area contributed by atoms with Crippen LogP contribution in [0.1, 0.15) is 24.2 Å². The Morgan fingerprint density at radius 2 is 2.05 bits per heavy atom. The summed E-state index contributed by atoms with van der Waals surface area (Å²) in [6.45, 7) is 5.56. The molecule has 6 nitrogen and oxygen atoms in total. The summed E-state index contributed by atoms with van der Waals surface area (Å²) in [6.07, 6.45) is 0. The number of rotatable bonds is 2. The molecular formula is C14H18FN3O3. The predicted octanol–water partition coefficient (Wildman–Crippen LogP) is 1.90. The third-order valence-corrected chi connectivity index (χ3v) is 3.99. The number of amides is 1. The molecule has 1 heterocycles. The minimum absolute atomic E-state index is 0.194. The van der Waals surface area contributed by atoms with Crippen molar-refractivity contribution in [3.8, 4) is 0 Å². The van der Waals surface area contributed by atoms with Gasteiger partial charge in [0.05, 0.1) is 4.92 Å². The number of likely N-dealkylation sites (N-methyl/N-ethyl adjacent to an activating group) is 1. The van der Waals surface area contributed by atoms with Crippen molar-refractivity contribution in [1.29, 1.82) is 0 Å². The van der Waals surface area contributed by atoms with Crippen molar-refractivity contribution in [2.75, 3.05) is 26.7 Å². The molecule has 1 aliphatic rings. The van der Waals surface area contributed by atoms with E-state index in [4.69, 9.17) is 0 Å². The van der Waals surface area contributed by atoms with Gasteiger partial charge in [-0.15, -0.1) is 0 Å². The molecule has 1 amide bonds. The van der Waals surface area contributed by atoms with Crippen molar-refractivity contribution in [2.24, 2.45) is 0 Å². The van der Waals surface area contributed by atoms with E-state index in [2.05, 4.69) is 4.90 Å². The van der Waals surface area contributed by atoms with Gasteiger partial charge in [-0.2, -0.15) is 0 Å². The number of piperazine rings is 1. The first-order chi connectivity index (χ1) is 9.72. The van der Waals surface area contributed by atoms with Gasteiger partial charge in [-0.1, -0.05) is 0 Å². The standard InChI is InChI=1S/C14H18FN3O3/c1-14(2)9-17(7-6-16(14)3)13(19)11-8-10(15)4-5-12(11)18(20)21/h4-5,8H,6-7,9H2,1-3H3. The molecule has 0 atom stereocenters. The highest BCUT2D eigenvalue weighted by molar-refractivity contribution is 5.98. The van der Waals surface area contributed by atoms with E-state index in [0.29, 0.717) is 19.6 Å². The molecule has 0 unspecified atom stereocenters. The van der Waals surface area contributed by atoms with Crippen LogP contribution in [0.25, 0.3) is 0 Å². The van der Waals surface area contributed by atoms with Crippen molar-refractivity contribution >= 4 is 11.6 Å². The maximum absolute atomic E-state index is 13.4. The second-order valence-electron chi connectivity index (χ2n) is 5.88. The molecule has 1 saturated heterocycles. The molecule has 2 rings (SSSR count). The highest BCUT2D eigenvalue weighted by Crippen LogP contribution is 2.25. The lowest BCUT2D eigenvalue weighted by molar-refractivity contribution is -0.385. The van der Waals surface area contributed by atoms with Gasteiger partial charge in [0.15, 0.2) is 0 Å². The van der Waals surface area contributed by atoms with Gasteiger partial charge in [0.2, 0.25) is 0 Å². The van der Waals surface area contributed by atoms with Gasteiger partial charge in [-0.3, -0.25) is 19.8 Å². The Labute approximate surface area is 122 Å². The highest BCUT2D eigenvalue weighted by Gasteiger charge is 2.35. The van der Waals surface area contributed by atoms with Crippen LogP contribution in [-0.2, 0) is 0 Å². The molecule has 0 aromatic heterocycles. The molecule has 1 aromatic carbocycles. The number of carbonyl (C=O) groups excluding carboxylic acids is 1. The van der Waals surface area contributed by atoms with Gasteiger partial charge in [-0.05, 0) is 33.0 Å². The van der Waals surface area contributed by atoms with E-state index in [0.717, 1.165) is 18.2 Å². The first-order valence-corrected chi connectivity index (χ1v) is 6.67. The van der Waals surface area contributed by atoms with Crippen molar-refractivity contribution in [2.45, 2.75) is 19.4 Å². The first-order valence-electron chi connectivity index (χ1n) is 6.67. The van der Waals surface area contributed by atoms with Crippen LogP contribution in [-0.4, -0.2) is 52.9 Å². The molecule has 7 heteroatoms. The predicted molar refractivity (Wildman–Crippen MR) is 75.7 cm³/mol. The van der Waals surface area contributed by atoms with E-state index in [-0.39, 0.29) is 16.8 Å². The monoisotopic (exact) mass is 295 g/mol. The normalized spacial score (nSPS) is 18.6. The van der Waals surface area contributed by atoms with E-state index in [9.17, 15) is 19.3 Å². The van der Waals surface area contributed by atoms with E-state index in [1.54, 1.807) is 4.90 Å². The SMILES string of the molecule is CN1CCN(C(=O)c2cc(F)ccc2[N+](=O)[O-])CC1(C)C. The molecule has 0 spiro atoms. The average molecular weight is 295 g/mol. The molecular weight excluding hydrogens is 277 g/mol. The lowest BCUT2D eigenvalue weighted by Gasteiger charge is -2.45. The summed E-state index contributed by atoms with van der Waals surface area (Å²) in [4.78, 5) is 26.5. The van der Waals surface area contributed by atoms with Crippen molar-refractivity contribution < 1.29 is 14.1 Å². The smallest absolute Gasteiger partial charge is 0.282 e. The fraction of sp³-hybridized carbons (Fsp3) is 0.500. The number of hydrogen-bond donors (Lipinski definition) is 0. The average Bonchev–Trinajstić information content (AvgIpc) is 2.40. The number of benzene rings is 1. The fourth-order valence-corrected chi connectivity index (χ4v) is 2.42. The molecule has 114 valence electrons. The van der Waals surface area contributed by atoms with Crippen LogP contribution in [0.4, 0.5) is 10.1 Å². The van der Waals surface area contributed by atoms with E-state index in [1.165, 1.54) is 0 Å². The quantitative estimate of drug-likeness (QED) is 0.617. The van der Waals surface area contributed by atoms with Crippen LogP contribution < -0.4 is 0 Å². The molecule has 0 aliphatic carbocycles. The number of hydrogen-bond acceptors (Lipinski definition) is 4. The van der Waals surface area contributed by atoms with Gasteiger partial charge in [-0.25, -0.2) is 4.39 Å². The van der Waals surface area contributed by atoms with Crippen LogP contribution in [0.3, 0.4) is 0 Å². The summed E-state index contributed by atoms with van der Waals surface area (Å²) < 4.78 is 13.4. The topological polar surface area (TPSA) is 66.7 Å². The zero-order valence-electron chi connectivity index (χ0n) is 12.3. The summed E-state index contributed by atoms with van der Waals surface area (Å²) in [5, 5.41) is 11.0. The van der Waals surface area contributed by atoms with Crippen LogP contribution in [0.15, 0.2) is 18.2 Å². The Balaban J connectivity index is 2.32. The van der Waals surface area contributed by atoms with Crippen molar-refractivity contribution in [3.63, 3.8) is 0 Å². The summed E-state index contributed by atoms with van der Waals surface area (Å²) in [5.41, 5.74) is -0.783. The summed E-state index contributed by atoms with van der Waals surface area (Å²) >= 11 is 0. The first kappa shape index (κ1) is 15.4. The number of halogens is 1. The van der Waals surface area contributed by atoms with Gasteiger partial charge in [0.25, 0.3) is 11.6 Å². The molecule has 0 saturated carbocycles. The fourth-order valence-electron chi connectivity index (χ4n) is 2.42. The molecule has 1 fully saturated rings. The molecule has 0 bridgehead atoms. The molecule has 1 aromatic rings. The minimum Gasteiger partial charge on any atom is -0.335 e. The van der Waals surface area contributed by atoms with Gasteiger partial charge >= 0.3 is 0 Å². The van der Waals surface area contributed by atoms with Gasteiger partial charge in [0.1, 0.15) is 11.4 Å². The molecule has 21 heavy (non-hydrogen) atoms. The molecule has 0 radical (unpaired) electrons. The summed E-state index contributed by atoms with van der Waals surface area (Å²) in [6, 6.07) is 2.96. The maximum Gasteiger partial charge on any atom is 0.282 e. The van der Waals surface area contributed by atoms with Crippen molar-refractivity contribution in [3.05, 3.63) is 39.7 Å². The number of carbonyl (C=O) groups is 1. The van der Waals surface area contributed by atoms with Crippen LogP contribution in [0.5, 0.6) is 0 Å². The van der Waals surface area contributed by atoms with E-state index in [1.807, 2.05) is 20.9 Å². The summed E-state index contributed by atoms with van der Waals surface area (Å²) in [5.74, 6) is -1.15. The van der Waals surface area contributed by atoms with E-state index < -0.39 is 16.6 Å². The Morgan fingerprint density at radius 1 is 1.38 bits per heavy atom. The summed E-state index contributed by atoms with van der Waals surface area (Å²) in [7, 11) is 1.96. The van der Waals surface area contributed by atoms with Gasteiger partial charge < -0.3 is 4.90 Å². The lowest BCUT2D eigenvalue weighted by Crippen LogP contribution is -2.58.